The van der Waals surface area contributed by atoms with E-state index in [9.17, 15) is 0 Å². The van der Waals surface area contributed by atoms with Crippen LogP contribution in [-0.2, 0) is 9.47 Å². The summed E-state index contributed by atoms with van der Waals surface area (Å²) in [4.78, 5) is 0. The fourth-order valence-corrected chi connectivity index (χ4v) is 4.09. The zero-order valence-corrected chi connectivity index (χ0v) is 14.5. The number of hydrogen-bond acceptors (Lipinski definition) is 4. The standard InChI is InChI=1S/C18H27ClN2O2/c1-22-18(13-4-2-5-14(19)10-13)11-21-16-7-3-6-15(16)17-12-23-9-8-20-17/h2,4-5,10,15-18,20-21H,3,6-9,11-12H2,1H3. The molecule has 128 valence electrons. The van der Waals surface area contributed by atoms with Crippen molar-refractivity contribution in [3.05, 3.63) is 34.9 Å². The Hall–Kier alpha value is -0.650. The molecule has 2 aliphatic rings. The van der Waals surface area contributed by atoms with E-state index in [2.05, 4.69) is 16.7 Å². The van der Waals surface area contributed by atoms with Crippen molar-refractivity contribution in [2.75, 3.05) is 33.4 Å². The highest BCUT2D eigenvalue weighted by atomic mass is 35.5. The van der Waals surface area contributed by atoms with Crippen molar-refractivity contribution >= 4 is 11.6 Å². The first kappa shape index (κ1) is 17.2. The SMILES string of the molecule is COC(CNC1CCCC1C1COCCN1)c1cccc(Cl)c1. The van der Waals surface area contributed by atoms with Gasteiger partial charge in [-0.1, -0.05) is 30.2 Å². The molecule has 0 spiro atoms. The molecule has 0 amide bonds. The molecular weight excluding hydrogens is 312 g/mol. The monoisotopic (exact) mass is 338 g/mol. The molecule has 4 atom stereocenters. The van der Waals surface area contributed by atoms with E-state index in [4.69, 9.17) is 21.1 Å². The van der Waals surface area contributed by atoms with E-state index < -0.39 is 0 Å². The van der Waals surface area contributed by atoms with Gasteiger partial charge >= 0.3 is 0 Å². The summed E-state index contributed by atoms with van der Waals surface area (Å²) in [6, 6.07) is 8.95. The quantitative estimate of drug-likeness (QED) is 0.837. The van der Waals surface area contributed by atoms with E-state index in [-0.39, 0.29) is 6.10 Å². The number of ether oxygens (including phenoxy) is 2. The minimum atomic E-state index is 0.0329. The highest BCUT2D eigenvalue weighted by molar-refractivity contribution is 6.30. The van der Waals surface area contributed by atoms with Crippen LogP contribution in [0.3, 0.4) is 0 Å². The van der Waals surface area contributed by atoms with Gasteiger partial charge in [0.2, 0.25) is 0 Å². The largest absolute Gasteiger partial charge is 0.379 e. The molecule has 0 radical (unpaired) electrons. The Morgan fingerprint density at radius 1 is 1.43 bits per heavy atom. The molecule has 1 aliphatic carbocycles. The molecule has 4 unspecified atom stereocenters. The number of methoxy groups -OCH3 is 1. The van der Waals surface area contributed by atoms with Crippen LogP contribution in [0.4, 0.5) is 0 Å². The van der Waals surface area contributed by atoms with Gasteiger partial charge in [0.05, 0.1) is 19.3 Å². The van der Waals surface area contributed by atoms with Crippen molar-refractivity contribution in [3.63, 3.8) is 0 Å². The number of nitrogens with one attached hydrogen (secondary N) is 2. The summed E-state index contributed by atoms with van der Waals surface area (Å²) in [6.45, 7) is 3.45. The van der Waals surface area contributed by atoms with Gasteiger partial charge in [0.15, 0.2) is 0 Å². The Labute approximate surface area is 143 Å². The lowest BCUT2D eigenvalue weighted by atomic mass is 9.93. The van der Waals surface area contributed by atoms with Gasteiger partial charge in [0.1, 0.15) is 0 Å². The molecule has 0 aromatic heterocycles. The molecule has 23 heavy (non-hydrogen) atoms. The fourth-order valence-electron chi connectivity index (χ4n) is 3.89. The fraction of sp³-hybridized carbons (Fsp3) is 0.667. The van der Waals surface area contributed by atoms with E-state index in [0.29, 0.717) is 18.0 Å². The maximum atomic E-state index is 6.10. The van der Waals surface area contributed by atoms with Crippen molar-refractivity contribution in [2.45, 2.75) is 37.5 Å². The van der Waals surface area contributed by atoms with E-state index in [1.54, 1.807) is 7.11 Å². The zero-order valence-electron chi connectivity index (χ0n) is 13.8. The lowest BCUT2D eigenvalue weighted by Crippen LogP contribution is -2.51. The van der Waals surface area contributed by atoms with Crippen molar-refractivity contribution in [1.29, 1.82) is 0 Å². The predicted octanol–water partition coefficient (Wildman–Crippen LogP) is 2.77. The van der Waals surface area contributed by atoms with Gasteiger partial charge in [-0.3, -0.25) is 0 Å². The van der Waals surface area contributed by atoms with E-state index >= 15 is 0 Å². The van der Waals surface area contributed by atoms with Crippen LogP contribution in [0.1, 0.15) is 30.9 Å². The topological polar surface area (TPSA) is 42.5 Å². The van der Waals surface area contributed by atoms with Crippen LogP contribution in [0.2, 0.25) is 5.02 Å². The van der Waals surface area contributed by atoms with Crippen molar-refractivity contribution in [1.82, 2.24) is 10.6 Å². The first-order valence-corrected chi connectivity index (χ1v) is 8.98. The average Bonchev–Trinajstić information content (AvgIpc) is 3.05. The number of halogens is 1. The Balaban J connectivity index is 1.57. The van der Waals surface area contributed by atoms with Crippen LogP contribution in [-0.4, -0.2) is 45.5 Å². The zero-order chi connectivity index (χ0) is 16.1. The number of rotatable bonds is 6. The highest BCUT2D eigenvalue weighted by Gasteiger charge is 2.34. The van der Waals surface area contributed by atoms with Crippen LogP contribution < -0.4 is 10.6 Å². The molecule has 2 N–H and O–H groups in total. The van der Waals surface area contributed by atoms with E-state index in [1.807, 2.05) is 18.2 Å². The summed E-state index contributed by atoms with van der Waals surface area (Å²) in [5, 5.41) is 8.11. The highest BCUT2D eigenvalue weighted by Crippen LogP contribution is 2.30. The molecule has 1 heterocycles. The van der Waals surface area contributed by atoms with E-state index in [0.717, 1.165) is 36.9 Å². The number of morpholine rings is 1. The molecule has 2 fully saturated rings. The van der Waals surface area contributed by atoms with Gasteiger partial charge in [-0.15, -0.1) is 0 Å². The first-order valence-electron chi connectivity index (χ1n) is 8.60. The molecule has 1 aromatic rings. The summed E-state index contributed by atoms with van der Waals surface area (Å²) < 4.78 is 11.3. The molecule has 4 nitrogen and oxygen atoms in total. The van der Waals surface area contributed by atoms with Crippen LogP contribution in [0, 0.1) is 5.92 Å². The maximum absolute atomic E-state index is 6.10. The van der Waals surface area contributed by atoms with Crippen molar-refractivity contribution < 1.29 is 9.47 Å². The van der Waals surface area contributed by atoms with Crippen molar-refractivity contribution in [2.24, 2.45) is 5.92 Å². The normalized spacial score (nSPS) is 29.6. The number of benzene rings is 1. The predicted molar refractivity (Wildman–Crippen MR) is 92.9 cm³/mol. The maximum Gasteiger partial charge on any atom is 0.0946 e. The second-order valence-corrected chi connectivity index (χ2v) is 6.96. The molecule has 0 bridgehead atoms. The molecule has 5 heteroatoms. The lowest BCUT2D eigenvalue weighted by molar-refractivity contribution is 0.0496. The summed E-state index contributed by atoms with van der Waals surface area (Å²) in [5.74, 6) is 0.646. The average molecular weight is 339 g/mol. The smallest absolute Gasteiger partial charge is 0.0946 e. The molecule has 1 saturated heterocycles. The third kappa shape index (κ3) is 4.46. The minimum absolute atomic E-state index is 0.0329. The summed E-state index contributed by atoms with van der Waals surface area (Å²) >= 11 is 6.10. The third-order valence-electron chi connectivity index (χ3n) is 5.11. The molecule has 1 aliphatic heterocycles. The lowest BCUT2D eigenvalue weighted by Gasteiger charge is -2.33. The second-order valence-electron chi connectivity index (χ2n) is 6.52. The van der Waals surface area contributed by atoms with Crippen LogP contribution in [0.25, 0.3) is 0 Å². The molecular formula is C18H27ClN2O2. The third-order valence-corrected chi connectivity index (χ3v) is 5.34. The van der Waals surface area contributed by atoms with Gasteiger partial charge < -0.3 is 20.1 Å². The van der Waals surface area contributed by atoms with Gasteiger partial charge in [0, 0.05) is 37.3 Å². The summed E-state index contributed by atoms with van der Waals surface area (Å²) in [7, 11) is 1.76. The van der Waals surface area contributed by atoms with Crippen LogP contribution in [0.15, 0.2) is 24.3 Å². The Morgan fingerprint density at radius 2 is 2.35 bits per heavy atom. The van der Waals surface area contributed by atoms with Crippen LogP contribution in [0.5, 0.6) is 0 Å². The Kier molecular flexibility index (Phi) is 6.31. The minimum Gasteiger partial charge on any atom is -0.379 e. The Bertz CT molecular complexity index is 494. The summed E-state index contributed by atoms with van der Waals surface area (Å²) in [5.41, 5.74) is 1.13. The number of hydrogen-bond donors (Lipinski definition) is 2. The van der Waals surface area contributed by atoms with Gasteiger partial charge in [-0.05, 0) is 36.5 Å². The van der Waals surface area contributed by atoms with Crippen LogP contribution >= 0.6 is 11.6 Å². The second kappa shape index (κ2) is 8.45. The molecule has 1 saturated carbocycles. The first-order chi connectivity index (χ1) is 11.3. The molecule has 3 rings (SSSR count). The molecule has 1 aromatic carbocycles. The van der Waals surface area contributed by atoms with Gasteiger partial charge in [-0.2, -0.15) is 0 Å². The van der Waals surface area contributed by atoms with E-state index in [1.165, 1.54) is 19.3 Å². The van der Waals surface area contributed by atoms with Gasteiger partial charge in [0.25, 0.3) is 0 Å². The van der Waals surface area contributed by atoms with Gasteiger partial charge in [-0.25, -0.2) is 0 Å². The van der Waals surface area contributed by atoms with Crippen molar-refractivity contribution in [3.8, 4) is 0 Å². The summed E-state index contributed by atoms with van der Waals surface area (Å²) in [6.07, 6.45) is 3.82. The Morgan fingerprint density at radius 3 is 3.09 bits per heavy atom.